The maximum Gasteiger partial charge on any atom is 0.245 e. The van der Waals surface area contributed by atoms with E-state index in [1.54, 1.807) is 0 Å². The number of hydrogen-bond acceptors (Lipinski definition) is 2. The quantitative estimate of drug-likeness (QED) is 0.800. The van der Waals surface area contributed by atoms with E-state index in [1.807, 2.05) is 11.8 Å². The summed E-state index contributed by atoms with van der Waals surface area (Å²) >= 11 is 0. The Morgan fingerprint density at radius 2 is 1.84 bits per heavy atom. The third-order valence-electron chi connectivity index (χ3n) is 4.40. The third kappa shape index (κ3) is 3.10. The predicted molar refractivity (Wildman–Crippen MR) is 74.6 cm³/mol. The van der Waals surface area contributed by atoms with Crippen molar-refractivity contribution in [3.8, 4) is 0 Å². The molecule has 2 fully saturated rings. The van der Waals surface area contributed by atoms with Gasteiger partial charge in [0.15, 0.2) is 0 Å². The summed E-state index contributed by atoms with van der Waals surface area (Å²) in [6.07, 6.45) is 7.09. The van der Waals surface area contributed by atoms with E-state index >= 15 is 0 Å². The number of carbonyl (C=O) groups excluding carboxylic acids is 2. The van der Waals surface area contributed by atoms with Crippen LogP contribution in [0.5, 0.6) is 0 Å². The summed E-state index contributed by atoms with van der Waals surface area (Å²) in [5, 5.41) is 2.91. The number of nitrogens with one attached hydrogen (secondary N) is 1. The van der Waals surface area contributed by atoms with Gasteiger partial charge in [0.2, 0.25) is 11.8 Å². The zero-order valence-corrected chi connectivity index (χ0v) is 12.2. The van der Waals surface area contributed by atoms with Crippen LogP contribution in [0.15, 0.2) is 0 Å². The molecular formula is C15H26N2O2. The summed E-state index contributed by atoms with van der Waals surface area (Å²) in [6, 6.07) is -0.517. The molecule has 4 nitrogen and oxygen atoms in total. The van der Waals surface area contributed by atoms with Crippen molar-refractivity contribution in [1.82, 2.24) is 10.2 Å². The van der Waals surface area contributed by atoms with Crippen LogP contribution < -0.4 is 5.32 Å². The first kappa shape index (κ1) is 14.4. The molecule has 1 heterocycles. The van der Waals surface area contributed by atoms with Crippen LogP contribution in [-0.4, -0.2) is 35.3 Å². The molecule has 2 unspecified atom stereocenters. The molecule has 1 aliphatic carbocycles. The molecule has 108 valence electrons. The van der Waals surface area contributed by atoms with Gasteiger partial charge in [-0.1, -0.05) is 33.1 Å². The Labute approximate surface area is 115 Å². The smallest absolute Gasteiger partial charge is 0.245 e. The number of rotatable bonds is 6. The number of hydrogen-bond donors (Lipinski definition) is 1. The molecule has 1 saturated heterocycles. The van der Waals surface area contributed by atoms with E-state index in [9.17, 15) is 9.59 Å². The molecule has 2 atom stereocenters. The first-order valence-corrected chi connectivity index (χ1v) is 7.78. The topological polar surface area (TPSA) is 49.4 Å². The van der Waals surface area contributed by atoms with E-state index in [0.29, 0.717) is 5.92 Å². The molecule has 19 heavy (non-hydrogen) atoms. The Balaban J connectivity index is 2.08. The zero-order chi connectivity index (χ0) is 13.8. The molecule has 0 spiro atoms. The van der Waals surface area contributed by atoms with Crippen molar-refractivity contribution in [3.63, 3.8) is 0 Å². The van der Waals surface area contributed by atoms with Crippen molar-refractivity contribution in [2.75, 3.05) is 6.54 Å². The minimum atomic E-state index is -0.286. The second-order valence-corrected chi connectivity index (χ2v) is 5.94. The summed E-state index contributed by atoms with van der Waals surface area (Å²) in [5.74, 6) is 0.822. The van der Waals surface area contributed by atoms with Crippen molar-refractivity contribution < 1.29 is 9.59 Å². The Kier molecular flexibility index (Phi) is 4.83. The van der Waals surface area contributed by atoms with Gasteiger partial charge < -0.3 is 10.2 Å². The van der Waals surface area contributed by atoms with Gasteiger partial charge >= 0.3 is 0 Å². The highest BCUT2D eigenvalue weighted by Gasteiger charge is 2.40. The Morgan fingerprint density at radius 1 is 1.16 bits per heavy atom. The summed E-state index contributed by atoms with van der Waals surface area (Å²) < 4.78 is 0. The van der Waals surface area contributed by atoms with E-state index in [4.69, 9.17) is 0 Å². The number of amides is 2. The summed E-state index contributed by atoms with van der Waals surface area (Å²) in [5.41, 5.74) is 0. The first-order chi connectivity index (χ1) is 9.17. The molecule has 0 aromatic rings. The summed E-state index contributed by atoms with van der Waals surface area (Å²) in [6.45, 7) is 4.91. The first-order valence-electron chi connectivity index (χ1n) is 7.78. The molecule has 2 rings (SSSR count). The van der Waals surface area contributed by atoms with Gasteiger partial charge in [0.25, 0.3) is 0 Å². The van der Waals surface area contributed by atoms with Crippen molar-refractivity contribution in [2.24, 2.45) is 5.92 Å². The Hall–Kier alpha value is -1.06. The standard InChI is InChI=1S/C15H26N2O2/c1-3-6-12-15(19)17(10-11-8-5-9-11)13(7-4-2)14(18)16-12/h11-13H,3-10H2,1-2H3,(H,16,18). The molecule has 2 aliphatic rings. The van der Waals surface area contributed by atoms with Crippen LogP contribution in [0.3, 0.4) is 0 Å². The lowest BCUT2D eigenvalue weighted by Gasteiger charge is -2.42. The fraction of sp³-hybridized carbons (Fsp3) is 0.867. The molecule has 2 amide bonds. The van der Waals surface area contributed by atoms with E-state index in [-0.39, 0.29) is 23.9 Å². The fourth-order valence-corrected chi connectivity index (χ4v) is 3.04. The average molecular weight is 266 g/mol. The highest BCUT2D eigenvalue weighted by atomic mass is 16.2. The van der Waals surface area contributed by atoms with Gasteiger partial charge in [0.05, 0.1) is 0 Å². The van der Waals surface area contributed by atoms with Crippen LogP contribution in [0.25, 0.3) is 0 Å². The molecule has 1 aliphatic heterocycles. The SMILES string of the molecule is CCCC1NC(=O)C(CCC)N(CC2CCC2)C1=O. The van der Waals surface area contributed by atoms with Gasteiger partial charge in [-0.15, -0.1) is 0 Å². The lowest BCUT2D eigenvalue weighted by molar-refractivity contribution is -0.151. The van der Waals surface area contributed by atoms with Gasteiger partial charge in [-0.2, -0.15) is 0 Å². The maximum absolute atomic E-state index is 12.5. The number of nitrogens with zero attached hydrogens (tertiary/aromatic N) is 1. The molecular weight excluding hydrogens is 240 g/mol. The Bertz CT molecular complexity index is 339. The van der Waals surface area contributed by atoms with E-state index < -0.39 is 0 Å². The van der Waals surface area contributed by atoms with Crippen LogP contribution in [0.4, 0.5) is 0 Å². The lowest BCUT2D eigenvalue weighted by atomic mass is 9.84. The summed E-state index contributed by atoms with van der Waals surface area (Å²) in [4.78, 5) is 26.6. The second-order valence-electron chi connectivity index (χ2n) is 5.94. The van der Waals surface area contributed by atoms with Crippen molar-refractivity contribution in [2.45, 2.75) is 70.9 Å². The highest BCUT2D eigenvalue weighted by molar-refractivity contribution is 5.96. The van der Waals surface area contributed by atoms with Gasteiger partial charge in [-0.05, 0) is 31.6 Å². The van der Waals surface area contributed by atoms with Crippen LogP contribution in [0.1, 0.15) is 58.8 Å². The number of carbonyl (C=O) groups is 2. The fourth-order valence-electron chi connectivity index (χ4n) is 3.04. The normalized spacial score (nSPS) is 28.2. The van der Waals surface area contributed by atoms with Crippen LogP contribution in [-0.2, 0) is 9.59 Å². The second kappa shape index (κ2) is 6.40. The summed E-state index contributed by atoms with van der Waals surface area (Å²) in [7, 11) is 0. The van der Waals surface area contributed by atoms with E-state index in [1.165, 1.54) is 19.3 Å². The Morgan fingerprint density at radius 3 is 2.37 bits per heavy atom. The minimum absolute atomic E-state index is 0.0548. The van der Waals surface area contributed by atoms with E-state index in [0.717, 1.165) is 32.2 Å². The van der Waals surface area contributed by atoms with Crippen molar-refractivity contribution in [3.05, 3.63) is 0 Å². The zero-order valence-electron chi connectivity index (χ0n) is 12.2. The third-order valence-corrected chi connectivity index (χ3v) is 4.40. The van der Waals surface area contributed by atoms with Crippen molar-refractivity contribution >= 4 is 11.8 Å². The van der Waals surface area contributed by atoms with Crippen LogP contribution >= 0.6 is 0 Å². The van der Waals surface area contributed by atoms with Crippen LogP contribution in [0, 0.1) is 5.92 Å². The molecule has 1 saturated carbocycles. The molecule has 0 aromatic heterocycles. The maximum atomic E-state index is 12.5. The minimum Gasteiger partial charge on any atom is -0.343 e. The van der Waals surface area contributed by atoms with Gasteiger partial charge in [0.1, 0.15) is 12.1 Å². The van der Waals surface area contributed by atoms with Gasteiger partial charge in [-0.3, -0.25) is 9.59 Å². The van der Waals surface area contributed by atoms with E-state index in [2.05, 4.69) is 12.2 Å². The lowest BCUT2D eigenvalue weighted by Crippen LogP contribution is -2.64. The van der Waals surface area contributed by atoms with Gasteiger partial charge in [0, 0.05) is 6.54 Å². The van der Waals surface area contributed by atoms with Crippen molar-refractivity contribution in [1.29, 1.82) is 0 Å². The molecule has 1 N–H and O–H groups in total. The highest BCUT2D eigenvalue weighted by Crippen LogP contribution is 2.29. The van der Waals surface area contributed by atoms with Gasteiger partial charge in [-0.25, -0.2) is 0 Å². The predicted octanol–water partition coefficient (Wildman–Crippen LogP) is 2.08. The number of piperazine rings is 1. The monoisotopic (exact) mass is 266 g/mol. The van der Waals surface area contributed by atoms with Crippen LogP contribution in [0.2, 0.25) is 0 Å². The molecule has 4 heteroatoms. The molecule has 0 aromatic carbocycles. The molecule has 0 bridgehead atoms. The largest absolute Gasteiger partial charge is 0.343 e. The average Bonchev–Trinajstić information content (AvgIpc) is 2.33. The molecule has 0 radical (unpaired) electrons.